The van der Waals surface area contributed by atoms with Gasteiger partial charge in [-0.2, -0.15) is 0 Å². The van der Waals surface area contributed by atoms with Gasteiger partial charge in [0, 0.05) is 11.4 Å². The highest BCUT2D eigenvalue weighted by atomic mass is 32.4. The Balaban J connectivity index is 1.36. The van der Waals surface area contributed by atoms with E-state index in [2.05, 4.69) is 97.1 Å². The summed E-state index contributed by atoms with van der Waals surface area (Å²) in [5.74, 6) is 2.93. The average Bonchev–Trinajstić information content (AvgIpc) is 3.00. The number of ether oxygens (including phenoxy) is 2. The first kappa shape index (κ1) is 23.0. The second-order valence-electron chi connectivity index (χ2n) is 9.28. The number of fused-ring (bicyclic) bond motifs is 4. The molecule has 1 aliphatic heterocycles. The van der Waals surface area contributed by atoms with E-state index in [0.717, 1.165) is 44.9 Å². The molecule has 182 valence electrons. The number of hydrogen-bond acceptors (Lipinski definition) is 3. The number of benzene rings is 6. The van der Waals surface area contributed by atoms with Crippen molar-refractivity contribution in [2.45, 2.75) is 0 Å². The third-order valence-corrected chi connectivity index (χ3v) is 12.0. The van der Waals surface area contributed by atoms with Crippen molar-refractivity contribution >= 4 is 44.5 Å². The van der Waals surface area contributed by atoms with Gasteiger partial charge in [0.15, 0.2) is 23.0 Å². The zero-order valence-electron chi connectivity index (χ0n) is 20.5. The molecule has 0 saturated heterocycles. The van der Waals surface area contributed by atoms with Crippen LogP contribution in [0.3, 0.4) is 0 Å². The minimum absolute atomic E-state index is 0.722. The summed E-state index contributed by atoms with van der Waals surface area (Å²) in [4.78, 5) is 0. The fourth-order valence-corrected chi connectivity index (χ4v) is 8.91. The Morgan fingerprint density at radius 1 is 0.447 bits per heavy atom. The lowest BCUT2D eigenvalue weighted by Crippen LogP contribution is -2.24. The Labute approximate surface area is 227 Å². The van der Waals surface area contributed by atoms with E-state index in [1.54, 1.807) is 0 Å². The van der Waals surface area contributed by atoms with E-state index < -0.39 is 6.04 Å². The minimum Gasteiger partial charge on any atom is -0.449 e. The van der Waals surface area contributed by atoms with Crippen molar-refractivity contribution in [2.75, 3.05) is 0 Å². The van der Waals surface area contributed by atoms with Crippen molar-refractivity contribution in [3.8, 4) is 34.1 Å². The number of para-hydroxylation sites is 2. The van der Waals surface area contributed by atoms with Crippen LogP contribution in [0.4, 0.5) is 0 Å². The molecule has 6 aromatic rings. The summed E-state index contributed by atoms with van der Waals surface area (Å²) >= 11 is 6.53. The van der Waals surface area contributed by atoms with E-state index in [-0.39, 0.29) is 0 Å². The summed E-state index contributed by atoms with van der Waals surface area (Å²) in [6.07, 6.45) is 0. The first-order chi connectivity index (χ1) is 18.7. The largest absolute Gasteiger partial charge is 0.449 e. The Morgan fingerprint density at radius 3 is 1.58 bits per heavy atom. The van der Waals surface area contributed by atoms with Gasteiger partial charge in [0.05, 0.1) is 0 Å². The molecule has 0 aromatic heterocycles. The van der Waals surface area contributed by atoms with Crippen LogP contribution in [-0.2, 0) is 11.8 Å². The average molecular weight is 527 g/mol. The second kappa shape index (κ2) is 9.29. The highest BCUT2D eigenvalue weighted by Gasteiger charge is 2.26. The topological polar surface area (TPSA) is 18.5 Å². The Kier molecular flexibility index (Phi) is 5.62. The quantitative estimate of drug-likeness (QED) is 0.216. The molecule has 0 unspecified atom stereocenters. The van der Waals surface area contributed by atoms with Crippen LogP contribution >= 0.6 is 6.04 Å². The van der Waals surface area contributed by atoms with Crippen LogP contribution in [0, 0.1) is 0 Å². The number of rotatable bonds is 4. The van der Waals surface area contributed by atoms with Gasteiger partial charge in [0.25, 0.3) is 0 Å². The van der Waals surface area contributed by atoms with Crippen LogP contribution in [0.15, 0.2) is 140 Å². The summed E-state index contributed by atoms with van der Waals surface area (Å²) in [6.45, 7) is 0. The standard InChI is InChI=1S/C34H23O2PS/c38-37(25-11-3-1-4-12-25,26-13-5-2-6-14-26)27-21-19-24(20-22-27)30-23-33-34(29-16-8-7-15-28(29)30)36-32-18-10-9-17-31(32)35-33/h1-23H. The zero-order valence-corrected chi connectivity index (χ0v) is 22.2. The van der Waals surface area contributed by atoms with E-state index in [1.165, 1.54) is 15.9 Å². The van der Waals surface area contributed by atoms with Gasteiger partial charge in [0.1, 0.15) is 0 Å². The first-order valence-corrected chi connectivity index (χ1v) is 15.3. The number of hydrogen-bond donors (Lipinski definition) is 0. The molecule has 7 rings (SSSR count). The van der Waals surface area contributed by atoms with Gasteiger partial charge in [-0.1, -0.05) is 133 Å². The van der Waals surface area contributed by atoms with E-state index in [9.17, 15) is 0 Å². The highest BCUT2D eigenvalue weighted by Crippen LogP contribution is 2.51. The van der Waals surface area contributed by atoms with Gasteiger partial charge in [-0.05, 0) is 50.6 Å². The molecule has 0 aliphatic carbocycles. The zero-order chi connectivity index (χ0) is 25.5. The maximum Gasteiger partial charge on any atom is 0.177 e. The van der Waals surface area contributed by atoms with Crippen molar-refractivity contribution in [3.05, 3.63) is 140 Å². The lowest BCUT2D eigenvalue weighted by molar-refractivity contribution is 0.363. The monoisotopic (exact) mass is 526 g/mol. The van der Waals surface area contributed by atoms with Crippen molar-refractivity contribution in [2.24, 2.45) is 0 Å². The lowest BCUT2D eigenvalue weighted by Gasteiger charge is -2.25. The van der Waals surface area contributed by atoms with Gasteiger partial charge in [0.2, 0.25) is 0 Å². The molecular formula is C34H23O2PS. The van der Waals surface area contributed by atoms with Crippen LogP contribution in [0.25, 0.3) is 21.9 Å². The molecule has 0 spiro atoms. The molecule has 0 atom stereocenters. The van der Waals surface area contributed by atoms with Crippen molar-refractivity contribution in [1.29, 1.82) is 0 Å². The normalized spacial score (nSPS) is 12.2. The first-order valence-electron chi connectivity index (χ1n) is 12.5. The van der Waals surface area contributed by atoms with E-state index >= 15 is 0 Å². The summed E-state index contributed by atoms with van der Waals surface area (Å²) in [5.41, 5.74) is 2.21. The predicted molar refractivity (Wildman–Crippen MR) is 162 cm³/mol. The highest BCUT2D eigenvalue weighted by molar-refractivity contribution is 8.25. The van der Waals surface area contributed by atoms with E-state index in [4.69, 9.17) is 21.3 Å². The molecule has 0 amide bonds. The fourth-order valence-electron chi connectivity index (χ4n) is 5.16. The molecule has 1 aliphatic rings. The summed E-state index contributed by atoms with van der Waals surface area (Å²) in [5, 5.41) is 5.70. The summed E-state index contributed by atoms with van der Waals surface area (Å²) in [7, 11) is 0. The van der Waals surface area contributed by atoms with Crippen molar-refractivity contribution in [1.82, 2.24) is 0 Å². The third-order valence-electron chi connectivity index (χ3n) is 7.02. The predicted octanol–water partition coefficient (Wildman–Crippen LogP) is 8.16. The fraction of sp³-hybridized carbons (Fsp3) is 0. The molecule has 0 bridgehead atoms. The van der Waals surface area contributed by atoms with Gasteiger partial charge >= 0.3 is 0 Å². The smallest absolute Gasteiger partial charge is 0.177 e. The van der Waals surface area contributed by atoms with Gasteiger partial charge in [-0.15, -0.1) is 0 Å². The Morgan fingerprint density at radius 2 is 0.947 bits per heavy atom. The van der Waals surface area contributed by atoms with Gasteiger partial charge in [-0.3, -0.25) is 0 Å². The Hall–Kier alpha value is -4.17. The molecule has 38 heavy (non-hydrogen) atoms. The molecule has 0 saturated carbocycles. The maximum atomic E-state index is 6.53. The van der Waals surface area contributed by atoms with E-state index in [0.29, 0.717) is 0 Å². The van der Waals surface area contributed by atoms with Crippen LogP contribution in [0.5, 0.6) is 23.0 Å². The molecule has 1 heterocycles. The minimum atomic E-state index is -2.20. The maximum absolute atomic E-state index is 6.53. The van der Waals surface area contributed by atoms with Crippen LogP contribution in [0.2, 0.25) is 0 Å². The van der Waals surface area contributed by atoms with Crippen LogP contribution in [-0.4, -0.2) is 0 Å². The molecule has 0 radical (unpaired) electrons. The van der Waals surface area contributed by atoms with Crippen molar-refractivity contribution in [3.63, 3.8) is 0 Å². The van der Waals surface area contributed by atoms with Crippen LogP contribution < -0.4 is 25.4 Å². The second-order valence-corrected chi connectivity index (χ2v) is 13.7. The third kappa shape index (κ3) is 3.75. The molecule has 4 heteroatoms. The lowest BCUT2D eigenvalue weighted by atomic mass is 9.97. The van der Waals surface area contributed by atoms with Crippen LogP contribution in [0.1, 0.15) is 0 Å². The van der Waals surface area contributed by atoms with Gasteiger partial charge in [-0.25, -0.2) is 0 Å². The van der Waals surface area contributed by atoms with E-state index in [1.807, 2.05) is 42.5 Å². The molecule has 0 N–H and O–H groups in total. The summed E-state index contributed by atoms with van der Waals surface area (Å²) in [6, 6.07) is 45.8. The molecule has 0 fully saturated rings. The molecule has 6 aromatic carbocycles. The SMILES string of the molecule is S=P(c1ccccc1)(c1ccccc1)c1ccc(-c2cc3c(c4ccccc24)Oc2ccccc2O3)cc1. The van der Waals surface area contributed by atoms with Gasteiger partial charge < -0.3 is 9.47 Å². The van der Waals surface area contributed by atoms with Crippen molar-refractivity contribution < 1.29 is 9.47 Å². The Bertz CT molecular complexity index is 1790. The molecule has 2 nitrogen and oxygen atoms in total. The molecular weight excluding hydrogens is 503 g/mol. The summed E-state index contributed by atoms with van der Waals surface area (Å²) < 4.78 is 12.6.